The molecule has 0 unspecified atom stereocenters. The van der Waals surface area contributed by atoms with Gasteiger partial charge in [-0.15, -0.1) is 0 Å². The van der Waals surface area contributed by atoms with Crippen LogP contribution < -0.4 is 0 Å². The quantitative estimate of drug-likeness (QED) is 0.437. The smallest absolute Gasteiger partial charge is 0.428 e. The normalized spacial score (nSPS) is 15.0. The van der Waals surface area contributed by atoms with Crippen LogP contribution in [0.1, 0.15) is 52.9 Å². The van der Waals surface area contributed by atoms with E-state index in [0.717, 1.165) is 0 Å². The number of amides is 3. The van der Waals surface area contributed by atoms with Crippen molar-refractivity contribution in [2.45, 2.75) is 58.5 Å². The number of carbonyl (C=O) groups excluding carboxylic acids is 5. The lowest BCUT2D eigenvalue weighted by Crippen LogP contribution is -2.35. The topological polar surface area (TPSA) is 107 Å². The van der Waals surface area contributed by atoms with E-state index < -0.39 is 35.4 Å². The zero-order valence-electron chi connectivity index (χ0n) is 12.8. The van der Waals surface area contributed by atoms with Gasteiger partial charge in [0, 0.05) is 25.7 Å². The molecular formula is C14H19NO7. The second kappa shape index (κ2) is 7.15. The Morgan fingerprint density at radius 3 is 2.09 bits per heavy atom. The van der Waals surface area contributed by atoms with Crippen molar-refractivity contribution in [2.24, 2.45) is 0 Å². The Balaban J connectivity index is 2.30. The average molecular weight is 313 g/mol. The molecule has 0 aliphatic carbocycles. The molecular weight excluding hydrogens is 294 g/mol. The number of imide groups is 3. The molecule has 0 radical (unpaired) electrons. The summed E-state index contributed by atoms with van der Waals surface area (Å²) in [6, 6.07) is 0. The van der Waals surface area contributed by atoms with Gasteiger partial charge >= 0.3 is 12.1 Å². The van der Waals surface area contributed by atoms with Gasteiger partial charge in [0.25, 0.3) is 0 Å². The molecule has 0 N–H and O–H groups in total. The standard InChI is InChI=1S/C14H19NO7/c1-14(2,3)22-13(20)21-12(19)6-4-5-9(16)15-10(17)7-8-11(15)18/h4-8H2,1-3H3. The first-order valence-electron chi connectivity index (χ1n) is 6.92. The van der Waals surface area contributed by atoms with Crippen LogP contribution in [-0.2, 0) is 28.7 Å². The van der Waals surface area contributed by atoms with Crippen LogP contribution in [0.2, 0.25) is 0 Å². The van der Waals surface area contributed by atoms with E-state index in [1.807, 2.05) is 0 Å². The number of ether oxygens (including phenoxy) is 2. The van der Waals surface area contributed by atoms with Crippen LogP contribution in [-0.4, -0.2) is 40.3 Å². The van der Waals surface area contributed by atoms with Gasteiger partial charge in [-0.2, -0.15) is 0 Å². The molecule has 0 bridgehead atoms. The molecule has 1 rings (SSSR count). The molecule has 1 fully saturated rings. The molecule has 22 heavy (non-hydrogen) atoms. The Morgan fingerprint density at radius 2 is 1.59 bits per heavy atom. The van der Waals surface area contributed by atoms with Gasteiger partial charge in [0.1, 0.15) is 5.60 Å². The molecule has 0 spiro atoms. The average Bonchev–Trinajstić information content (AvgIpc) is 2.66. The first-order chi connectivity index (χ1) is 10.1. The maximum absolute atomic E-state index is 11.7. The van der Waals surface area contributed by atoms with Crippen molar-refractivity contribution in [1.29, 1.82) is 0 Å². The van der Waals surface area contributed by atoms with Crippen LogP contribution in [0.5, 0.6) is 0 Å². The van der Waals surface area contributed by atoms with E-state index in [0.29, 0.717) is 4.90 Å². The van der Waals surface area contributed by atoms with Crippen molar-refractivity contribution in [1.82, 2.24) is 4.90 Å². The summed E-state index contributed by atoms with van der Waals surface area (Å²) in [6.45, 7) is 4.88. The molecule has 1 heterocycles. The second-order valence-electron chi connectivity index (χ2n) is 5.81. The molecule has 8 nitrogen and oxygen atoms in total. The van der Waals surface area contributed by atoms with E-state index in [-0.39, 0.29) is 32.1 Å². The highest BCUT2D eigenvalue weighted by atomic mass is 16.7. The minimum Gasteiger partial charge on any atom is -0.428 e. The largest absolute Gasteiger partial charge is 0.516 e. The number of hydrogen-bond donors (Lipinski definition) is 0. The molecule has 0 saturated carbocycles. The van der Waals surface area contributed by atoms with Gasteiger partial charge < -0.3 is 9.47 Å². The third-order valence-electron chi connectivity index (χ3n) is 2.66. The van der Waals surface area contributed by atoms with Gasteiger partial charge in [0.05, 0.1) is 0 Å². The lowest BCUT2D eigenvalue weighted by atomic mass is 10.2. The molecule has 0 atom stereocenters. The summed E-state index contributed by atoms with van der Waals surface area (Å²) in [6.07, 6.45) is -1.32. The number of hydrogen-bond acceptors (Lipinski definition) is 7. The summed E-state index contributed by atoms with van der Waals surface area (Å²) in [5.74, 6) is -2.52. The predicted octanol–water partition coefficient (Wildman–Crippen LogP) is 1.31. The molecule has 0 aromatic carbocycles. The summed E-state index contributed by atoms with van der Waals surface area (Å²) in [5.41, 5.74) is -0.774. The Labute approximate surface area is 127 Å². The highest BCUT2D eigenvalue weighted by molar-refractivity contribution is 6.15. The van der Waals surface area contributed by atoms with Crippen LogP contribution in [0.3, 0.4) is 0 Å². The van der Waals surface area contributed by atoms with Gasteiger partial charge in [-0.1, -0.05) is 0 Å². The maximum Gasteiger partial charge on any atom is 0.516 e. The van der Waals surface area contributed by atoms with Crippen LogP contribution >= 0.6 is 0 Å². The summed E-state index contributed by atoms with van der Waals surface area (Å²) < 4.78 is 9.22. The molecule has 0 aromatic heterocycles. The van der Waals surface area contributed by atoms with Crippen molar-refractivity contribution < 1.29 is 33.4 Å². The Hall–Kier alpha value is -2.25. The molecule has 1 aliphatic heterocycles. The Kier molecular flexibility index (Phi) is 5.78. The number of carbonyl (C=O) groups is 5. The van der Waals surface area contributed by atoms with Crippen LogP contribution in [0.25, 0.3) is 0 Å². The van der Waals surface area contributed by atoms with Crippen molar-refractivity contribution >= 4 is 29.8 Å². The zero-order chi connectivity index (χ0) is 16.9. The summed E-state index contributed by atoms with van der Waals surface area (Å²) in [4.78, 5) is 57.6. The summed E-state index contributed by atoms with van der Waals surface area (Å²) in [7, 11) is 0. The second-order valence-corrected chi connectivity index (χ2v) is 5.81. The molecule has 0 aromatic rings. The highest BCUT2D eigenvalue weighted by Gasteiger charge is 2.33. The fourth-order valence-corrected chi connectivity index (χ4v) is 1.77. The van der Waals surface area contributed by atoms with Crippen LogP contribution in [0, 0.1) is 0 Å². The van der Waals surface area contributed by atoms with Crippen LogP contribution in [0.15, 0.2) is 0 Å². The van der Waals surface area contributed by atoms with E-state index in [1.54, 1.807) is 20.8 Å². The third-order valence-corrected chi connectivity index (χ3v) is 2.66. The molecule has 122 valence electrons. The lowest BCUT2D eigenvalue weighted by Gasteiger charge is -2.18. The van der Waals surface area contributed by atoms with E-state index in [2.05, 4.69) is 4.74 Å². The number of nitrogens with zero attached hydrogens (tertiary/aromatic N) is 1. The monoisotopic (exact) mass is 313 g/mol. The molecule has 1 saturated heterocycles. The zero-order valence-corrected chi connectivity index (χ0v) is 12.8. The first-order valence-corrected chi connectivity index (χ1v) is 6.92. The fourth-order valence-electron chi connectivity index (χ4n) is 1.77. The number of likely N-dealkylation sites (tertiary alicyclic amines) is 1. The van der Waals surface area contributed by atoms with E-state index in [9.17, 15) is 24.0 Å². The fraction of sp³-hybridized carbons (Fsp3) is 0.643. The predicted molar refractivity (Wildman–Crippen MR) is 72.3 cm³/mol. The van der Waals surface area contributed by atoms with Crippen molar-refractivity contribution in [3.63, 3.8) is 0 Å². The molecule has 1 aliphatic rings. The molecule has 3 amide bonds. The van der Waals surface area contributed by atoms with Gasteiger partial charge in [-0.05, 0) is 27.2 Å². The van der Waals surface area contributed by atoms with E-state index in [1.165, 1.54) is 0 Å². The van der Waals surface area contributed by atoms with E-state index >= 15 is 0 Å². The third kappa shape index (κ3) is 5.63. The Morgan fingerprint density at radius 1 is 1.05 bits per heavy atom. The van der Waals surface area contributed by atoms with Crippen molar-refractivity contribution in [3.05, 3.63) is 0 Å². The maximum atomic E-state index is 11.7. The lowest BCUT2D eigenvalue weighted by molar-refractivity contribution is -0.149. The van der Waals surface area contributed by atoms with Crippen molar-refractivity contribution in [3.8, 4) is 0 Å². The highest BCUT2D eigenvalue weighted by Crippen LogP contribution is 2.14. The number of esters is 1. The Bertz CT molecular complexity index is 488. The first kappa shape index (κ1) is 17.8. The van der Waals surface area contributed by atoms with Gasteiger partial charge in [0.2, 0.25) is 17.7 Å². The van der Waals surface area contributed by atoms with Gasteiger partial charge in [-0.3, -0.25) is 19.2 Å². The van der Waals surface area contributed by atoms with E-state index in [4.69, 9.17) is 4.74 Å². The van der Waals surface area contributed by atoms with Gasteiger partial charge in [0.15, 0.2) is 0 Å². The van der Waals surface area contributed by atoms with Crippen molar-refractivity contribution in [2.75, 3.05) is 0 Å². The summed E-state index contributed by atoms with van der Waals surface area (Å²) >= 11 is 0. The number of rotatable bonds is 4. The minimum absolute atomic E-state index is 0.0330. The van der Waals surface area contributed by atoms with Gasteiger partial charge in [-0.25, -0.2) is 9.69 Å². The van der Waals surface area contributed by atoms with Crippen LogP contribution in [0.4, 0.5) is 4.79 Å². The molecule has 8 heteroatoms. The summed E-state index contributed by atoms with van der Waals surface area (Å²) in [5, 5.41) is 0. The SMILES string of the molecule is CC(C)(C)OC(=O)OC(=O)CCCC(=O)N1C(=O)CCC1=O. The minimum atomic E-state index is -1.10.